The van der Waals surface area contributed by atoms with Gasteiger partial charge in [-0.3, -0.25) is 4.90 Å². The quantitative estimate of drug-likeness (QED) is 0.323. The van der Waals surface area contributed by atoms with E-state index in [-0.39, 0.29) is 17.4 Å². The Morgan fingerprint density at radius 2 is 1.67 bits per heavy atom. The Morgan fingerprint density at radius 3 is 2.21 bits per heavy atom. The lowest BCUT2D eigenvalue weighted by Gasteiger charge is -2.44. The van der Waals surface area contributed by atoms with Crippen molar-refractivity contribution in [2.24, 2.45) is 4.99 Å². The Hall–Kier alpha value is -4.36. The van der Waals surface area contributed by atoms with E-state index in [1.807, 2.05) is 42.2 Å². The summed E-state index contributed by atoms with van der Waals surface area (Å²) < 4.78 is 40.7. The molecule has 1 spiro atoms. The van der Waals surface area contributed by atoms with E-state index in [2.05, 4.69) is 11.4 Å². The fraction of sp³-hybridized carbons (Fsp3) is 0.233. The average Bonchev–Trinajstić information content (AvgIpc) is 3.20. The minimum Gasteiger partial charge on any atom is -0.392 e. The zero-order chi connectivity index (χ0) is 30.2. The monoisotopic (exact) mass is 604 g/mol. The number of hydrogen-bond acceptors (Lipinski definition) is 5. The van der Waals surface area contributed by atoms with E-state index >= 15 is 0 Å². The largest absolute Gasteiger partial charge is 0.417 e. The predicted molar refractivity (Wildman–Crippen MR) is 162 cm³/mol. The minimum atomic E-state index is -4.72. The summed E-state index contributed by atoms with van der Waals surface area (Å²) in [6.07, 6.45) is -2.45. The lowest BCUT2D eigenvalue weighted by Crippen LogP contribution is -2.55. The van der Waals surface area contributed by atoms with Crippen molar-refractivity contribution in [3.05, 3.63) is 88.5 Å². The smallest absolute Gasteiger partial charge is 0.392 e. The molecule has 2 N–H and O–H groups in total. The molecule has 0 bridgehead atoms. The summed E-state index contributed by atoms with van der Waals surface area (Å²) in [6, 6.07) is 19.6. The van der Waals surface area contributed by atoms with Crippen LogP contribution in [0.3, 0.4) is 0 Å². The molecule has 0 atom stereocenters. The summed E-state index contributed by atoms with van der Waals surface area (Å²) >= 11 is 11.6. The molecular formula is C30H23F3N6OS2. The van der Waals surface area contributed by atoms with Gasteiger partial charge in [-0.15, -0.1) is 0 Å². The number of aryl methyl sites for hydroxylation is 1. The number of anilines is 3. The maximum absolute atomic E-state index is 13.6. The van der Waals surface area contributed by atoms with Crippen LogP contribution in [0, 0.1) is 29.6 Å². The molecule has 0 unspecified atom stereocenters. The number of aliphatic imine (C=N–C) groups is 1. The number of nitriles is 2. The molecule has 1 saturated heterocycles. The summed E-state index contributed by atoms with van der Waals surface area (Å²) in [5.41, 5.74) is 1.24. The number of nitrogens with zero attached hydrogens (tertiary/aromatic N) is 5. The van der Waals surface area contributed by atoms with E-state index in [0.717, 1.165) is 35.4 Å². The molecule has 212 valence electrons. The number of amidine groups is 1. The van der Waals surface area contributed by atoms with Crippen molar-refractivity contribution in [2.45, 2.75) is 44.5 Å². The molecule has 2 fully saturated rings. The first-order valence-electron chi connectivity index (χ1n) is 12.9. The van der Waals surface area contributed by atoms with Crippen molar-refractivity contribution in [3.63, 3.8) is 0 Å². The highest BCUT2D eigenvalue weighted by Crippen LogP contribution is 2.48. The molecule has 3 aromatic rings. The number of aliphatic hydroxyl groups excluding tert-OH is 1. The van der Waals surface area contributed by atoms with Crippen molar-refractivity contribution >= 4 is 57.6 Å². The number of nitrogens with one attached hydrogen (secondary N) is 1. The van der Waals surface area contributed by atoms with Crippen LogP contribution >= 0.6 is 24.4 Å². The molecule has 1 heterocycles. The van der Waals surface area contributed by atoms with Crippen LogP contribution in [0.25, 0.3) is 0 Å². The zero-order valence-corrected chi connectivity index (χ0v) is 23.9. The second-order valence-electron chi connectivity index (χ2n) is 10.0. The van der Waals surface area contributed by atoms with Gasteiger partial charge in [0.15, 0.2) is 10.2 Å². The molecule has 1 aliphatic heterocycles. The van der Waals surface area contributed by atoms with Crippen LogP contribution in [0.4, 0.5) is 30.2 Å². The van der Waals surface area contributed by atoms with E-state index in [4.69, 9.17) is 34.7 Å². The van der Waals surface area contributed by atoms with E-state index < -0.39 is 22.8 Å². The van der Waals surface area contributed by atoms with Gasteiger partial charge in [0.25, 0.3) is 0 Å². The Morgan fingerprint density at radius 1 is 1.02 bits per heavy atom. The number of aliphatic hydroxyl groups is 1. The summed E-state index contributed by atoms with van der Waals surface area (Å²) in [7, 11) is 0. The molecule has 0 amide bonds. The molecule has 42 heavy (non-hydrogen) atoms. The van der Waals surface area contributed by atoms with Crippen LogP contribution in [-0.2, 0) is 12.8 Å². The fourth-order valence-corrected chi connectivity index (χ4v) is 5.93. The first-order chi connectivity index (χ1) is 20.0. The third-order valence-corrected chi connectivity index (χ3v) is 8.05. The van der Waals surface area contributed by atoms with Crippen LogP contribution in [0.15, 0.2) is 65.7 Å². The molecule has 12 heteroatoms. The van der Waals surface area contributed by atoms with Gasteiger partial charge < -0.3 is 15.3 Å². The standard InChI is InChI=1S/C30H23F3N6OS2/c1-18-13-24(10-6-20(18)15-34)38-26(37-27(41)36-22-7-5-21(16-35)25(14-22)30(31,32)33)29(11-2-12-29)39(28(38)42)23-8-3-19(17-40)4-9-23/h3-10,13-14,40H,2,11-12,17H2,1H3,(H,36,41)/b37-26+. The second-order valence-corrected chi connectivity index (χ2v) is 10.8. The summed E-state index contributed by atoms with van der Waals surface area (Å²) in [4.78, 5) is 8.55. The Kier molecular flexibility index (Phi) is 7.73. The molecule has 0 radical (unpaired) electrons. The first-order valence-corrected chi connectivity index (χ1v) is 13.7. The van der Waals surface area contributed by atoms with Crippen LogP contribution in [0.5, 0.6) is 0 Å². The summed E-state index contributed by atoms with van der Waals surface area (Å²) in [5, 5.41) is 31.2. The van der Waals surface area contributed by atoms with Gasteiger partial charge in [0.05, 0.1) is 35.4 Å². The van der Waals surface area contributed by atoms with Crippen LogP contribution < -0.4 is 15.1 Å². The van der Waals surface area contributed by atoms with Crippen molar-refractivity contribution < 1.29 is 18.3 Å². The molecule has 1 aliphatic carbocycles. The lowest BCUT2D eigenvalue weighted by atomic mass is 9.74. The second kappa shape index (κ2) is 11.1. The van der Waals surface area contributed by atoms with E-state index in [9.17, 15) is 23.5 Å². The first kappa shape index (κ1) is 29.1. The zero-order valence-electron chi connectivity index (χ0n) is 22.2. The van der Waals surface area contributed by atoms with Crippen LogP contribution in [0.1, 0.15) is 47.1 Å². The molecule has 5 rings (SSSR count). The molecular weight excluding hydrogens is 581 g/mol. The minimum absolute atomic E-state index is 0.0381. The number of benzene rings is 3. The Labute approximate surface area is 251 Å². The highest BCUT2D eigenvalue weighted by molar-refractivity contribution is 7.81. The molecule has 2 aliphatic rings. The number of rotatable bonds is 4. The van der Waals surface area contributed by atoms with Crippen molar-refractivity contribution in [2.75, 3.05) is 15.1 Å². The summed E-state index contributed by atoms with van der Waals surface area (Å²) in [5.74, 6) is 0.510. The molecule has 3 aromatic carbocycles. The number of halogens is 3. The van der Waals surface area contributed by atoms with Gasteiger partial charge in [-0.05, 0) is 110 Å². The third kappa shape index (κ3) is 5.09. The molecule has 1 saturated carbocycles. The van der Waals surface area contributed by atoms with Crippen LogP contribution in [-0.4, -0.2) is 26.7 Å². The van der Waals surface area contributed by atoms with Crippen molar-refractivity contribution in [1.29, 1.82) is 10.5 Å². The Bertz CT molecular complexity index is 1700. The van der Waals surface area contributed by atoms with E-state index in [1.54, 1.807) is 23.1 Å². The Balaban J connectivity index is 1.60. The van der Waals surface area contributed by atoms with Gasteiger partial charge in [0.2, 0.25) is 0 Å². The third-order valence-electron chi connectivity index (χ3n) is 7.49. The van der Waals surface area contributed by atoms with Gasteiger partial charge in [-0.1, -0.05) is 12.1 Å². The van der Waals surface area contributed by atoms with Crippen LogP contribution in [0.2, 0.25) is 0 Å². The summed E-state index contributed by atoms with van der Waals surface area (Å²) in [6.45, 7) is 1.71. The lowest BCUT2D eigenvalue weighted by molar-refractivity contribution is -0.137. The topological polar surface area (TPSA) is 98.7 Å². The SMILES string of the molecule is Cc1cc(N2C(=S)N(c3ccc(CO)cc3)C3(CCC3)/C2=N\C(=S)Nc2ccc(C#N)c(C(F)(F)F)c2)ccc1C#N. The van der Waals surface area contributed by atoms with Gasteiger partial charge in [0.1, 0.15) is 11.4 Å². The maximum atomic E-state index is 13.6. The van der Waals surface area contributed by atoms with E-state index in [1.165, 1.54) is 6.07 Å². The number of hydrogen-bond donors (Lipinski definition) is 2. The number of alkyl halides is 3. The predicted octanol–water partition coefficient (Wildman–Crippen LogP) is 6.58. The molecule has 0 aromatic heterocycles. The fourth-order valence-electron chi connectivity index (χ4n) is 5.25. The average molecular weight is 605 g/mol. The van der Waals surface area contributed by atoms with Crippen molar-refractivity contribution in [1.82, 2.24) is 0 Å². The van der Waals surface area contributed by atoms with Gasteiger partial charge in [-0.25, -0.2) is 4.99 Å². The maximum Gasteiger partial charge on any atom is 0.417 e. The van der Waals surface area contributed by atoms with Crippen molar-refractivity contribution in [3.8, 4) is 12.1 Å². The van der Waals surface area contributed by atoms with E-state index in [0.29, 0.717) is 35.0 Å². The van der Waals surface area contributed by atoms with Gasteiger partial charge in [-0.2, -0.15) is 23.7 Å². The molecule has 7 nitrogen and oxygen atoms in total. The van der Waals surface area contributed by atoms with Gasteiger partial charge >= 0.3 is 6.18 Å². The normalized spacial score (nSPS) is 16.7. The highest BCUT2D eigenvalue weighted by atomic mass is 32.1. The van der Waals surface area contributed by atoms with Gasteiger partial charge in [0, 0.05) is 17.1 Å². The number of thiocarbonyl (C=S) groups is 2. The highest BCUT2D eigenvalue weighted by Gasteiger charge is 2.58.